The summed E-state index contributed by atoms with van der Waals surface area (Å²) in [5.74, 6) is 2.70. The summed E-state index contributed by atoms with van der Waals surface area (Å²) in [4.78, 5) is 12.4. The standard InChI is InChI=1S/C26H32N4O2/c1-26-14-13-20-19-8-3-2-6-17(19)11-12-21(20)25(26)18(16-22(26)30-32)7-4-10-24(31)28-23-9-5-15-27-29-23/h2-3,5-6,8-9,15,18,20-21,25,32H,4,7,10-14,16H2,1H3,(H,28,29,31)/b30-22+/t18-,20?,21?,25?,26-/m1/s1. The van der Waals surface area contributed by atoms with Crippen molar-refractivity contribution >= 4 is 17.4 Å². The molecule has 32 heavy (non-hydrogen) atoms. The van der Waals surface area contributed by atoms with Gasteiger partial charge in [0.25, 0.3) is 0 Å². The van der Waals surface area contributed by atoms with E-state index >= 15 is 0 Å². The van der Waals surface area contributed by atoms with Crippen molar-refractivity contribution in [3.8, 4) is 0 Å². The zero-order valence-electron chi connectivity index (χ0n) is 18.7. The molecule has 1 amide bonds. The van der Waals surface area contributed by atoms with Gasteiger partial charge in [-0.15, -0.1) is 5.10 Å². The Morgan fingerprint density at radius 1 is 1.25 bits per heavy atom. The fourth-order valence-corrected chi connectivity index (χ4v) is 7.12. The average molecular weight is 433 g/mol. The Hall–Kier alpha value is -2.76. The lowest BCUT2D eigenvalue weighted by atomic mass is 9.54. The SMILES string of the molecule is C[C@]12CCC3c4ccccc4CCC3C1[C@H](CCCC(=O)Nc1cccnn1)C/C2=N\O. The van der Waals surface area contributed by atoms with Crippen LogP contribution in [0.1, 0.15) is 68.9 Å². The number of hydrogen-bond donors (Lipinski definition) is 2. The average Bonchev–Trinajstić information content (AvgIpc) is 3.11. The number of rotatable bonds is 5. The van der Waals surface area contributed by atoms with Crippen LogP contribution in [0.25, 0.3) is 0 Å². The Morgan fingerprint density at radius 3 is 2.94 bits per heavy atom. The lowest BCUT2D eigenvalue weighted by Crippen LogP contribution is -2.44. The third-order valence-corrected chi connectivity index (χ3v) is 8.45. The largest absolute Gasteiger partial charge is 0.411 e. The molecule has 0 spiro atoms. The number of nitrogens with zero attached hydrogens (tertiary/aromatic N) is 3. The molecule has 3 aliphatic rings. The normalized spacial score (nSPS) is 32.1. The number of benzene rings is 1. The monoisotopic (exact) mass is 432 g/mol. The van der Waals surface area contributed by atoms with E-state index < -0.39 is 0 Å². The number of nitrogens with one attached hydrogen (secondary N) is 1. The first-order valence-corrected chi connectivity index (χ1v) is 12.0. The number of hydrogen-bond acceptors (Lipinski definition) is 5. The van der Waals surface area contributed by atoms with Gasteiger partial charge in [0, 0.05) is 18.0 Å². The molecule has 2 saturated carbocycles. The Bertz CT molecular complexity index is 1010. The van der Waals surface area contributed by atoms with Crippen molar-refractivity contribution in [3.05, 3.63) is 53.7 Å². The van der Waals surface area contributed by atoms with Crippen LogP contribution in [0.3, 0.4) is 0 Å². The molecule has 1 aromatic carbocycles. The van der Waals surface area contributed by atoms with Crippen molar-refractivity contribution in [3.63, 3.8) is 0 Å². The van der Waals surface area contributed by atoms with E-state index in [4.69, 9.17) is 0 Å². The molecule has 1 aromatic heterocycles. The van der Waals surface area contributed by atoms with Gasteiger partial charge in [-0.3, -0.25) is 4.79 Å². The minimum atomic E-state index is -0.0191. The summed E-state index contributed by atoms with van der Waals surface area (Å²) in [5, 5.41) is 24.2. The van der Waals surface area contributed by atoms with Crippen molar-refractivity contribution in [1.82, 2.24) is 10.2 Å². The van der Waals surface area contributed by atoms with E-state index in [1.165, 1.54) is 18.4 Å². The molecule has 6 nitrogen and oxygen atoms in total. The van der Waals surface area contributed by atoms with Crippen molar-refractivity contribution in [2.24, 2.45) is 28.3 Å². The van der Waals surface area contributed by atoms with Crippen LogP contribution in [0, 0.1) is 23.2 Å². The van der Waals surface area contributed by atoms with E-state index in [9.17, 15) is 10.0 Å². The van der Waals surface area contributed by atoms with Crippen LogP contribution in [0.2, 0.25) is 0 Å². The van der Waals surface area contributed by atoms with Crippen LogP contribution in [-0.4, -0.2) is 27.0 Å². The van der Waals surface area contributed by atoms with Gasteiger partial charge in [0.2, 0.25) is 5.91 Å². The van der Waals surface area contributed by atoms with Crippen molar-refractivity contribution in [2.45, 2.75) is 64.2 Å². The van der Waals surface area contributed by atoms with Gasteiger partial charge < -0.3 is 10.5 Å². The molecular weight excluding hydrogens is 400 g/mol. The topological polar surface area (TPSA) is 87.5 Å². The van der Waals surface area contributed by atoms with Gasteiger partial charge >= 0.3 is 0 Å². The predicted molar refractivity (Wildman–Crippen MR) is 124 cm³/mol. The Labute approximate surface area is 189 Å². The maximum atomic E-state index is 12.4. The number of aromatic nitrogens is 2. The Morgan fingerprint density at radius 2 is 2.12 bits per heavy atom. The molecule has 2 fully saturated rings. The highest BCUT2D eigenvalue weighted by molar-refractivity contribution is 5.92. The first kappa shape index (κ1) is 21.1. The first-order chi connectivity index (χ1) is 15.6. The van der Waals surface area contributed by atoms with E-state index in [1.54, 1.807) is 23.9 Å². The zero-order chi connectivity index (χ0) is 22.1. The highest BCUT2D eigenvalue weighted by atomic mass is 16.4. The van der Waals surface area contributed by atoms with E-state index in [2.05, 4.69) is 51.9 Å². The van der Waals surface area contributed by atoms with E-state index in [1.807, 2.05) is 0 Å². The summed E-state index contributed by atoms with van der Waals surface area (Å²) in [6.45, 7) is 2.32. The highest BCUT2D eigenvalue weighted by Crippen LogP contribution is 2.62. The van der Waals surface area contributed by atoms with E-state index in [-0.39, 0.29) is 11.3 Å². The van der Waals surface area contributed by atoms with Gasteiger partial charge in [0.1, 0.15) is 0 Å². The summed E-state index contributed by atoms with van der Waals surface area (Å²) in [6.07, 6.45) is 9.33. The molecule has 0 aliphatic heterocycles. The van der Waals surface area contributed by atoms with E-state index in [0.29, 0.717) is 35.9 Å². The van der Waals surface area contributed by atoms with Gasteiger partial charge in [-0.1, -0.05) is 36.3 Å². The fraction of sp³-hybridized carbons (Fsp3) is 0.538. The van der Waals surface area contributed by atoms with Crippen LogP contribution >= 0.6 is 0 Å². The molecule has 0 saturated heterocycles. The molecule has 3 aliphatic carbocycles. The lowest BCUT2D eigenvalue weighted by Gasteiger charge is -2.50. The molecule has 0 radical (unpaired) electrons. The fourth-order valence-electron chi connectivity index (χ4n) is 7.12. The molecule has 168 valence electrons. The van der Waals surface area contributed by atoms with Crippen LogP contribution < -0.4 is 5.32 Å². The molecule has 2 aromatic rings. The summed E-state index contributed by atoms with van der Waals surface area (Å²) in [6, 6.07) is 12.5. The second-order valence-corrected chi connectivity index (χ2v) is 10.0. The highest BCUT2D eigenvalue weighted by Gasteiger charge is 2.57. The van der Waals surface area contributed by atoms with Crippen molar-refractivity contribution < 1.29 is 10.0 Å². The summed E-state index contributed by atoms with van der Waals surface area (Å²) in [7, 11) is 0. The summed E-state index contributed by atoms with van der Waals surface area (Å²) in [5.41, 5.74) is 4.02. The van der Waals surface area contributed by atoms with Gasteiger partial charge in [0.15, 0.2) is 5.82 Å². The molecular formula is C26H32N4O2. The van der Waals surface area contributed by atoms with Crippen LogP contribution in [-0.2, 0) is 11.2 Å². The number of anilines is 1. The summed E-state index contributed by atoms with van der Waals surface area (Å²) >= 11 is 0. The maximum absolute atomic E-state index is 12.4. The molecule has 0 bridgehead atoms. The predicted octanol–water partition coefficient (Wildman–Crippen LogP) is 5.20. The van der Waals surface area contributed by atoms with E-state index in [0.717, 1.165) is 37.8 Å². The van der Waals surface area contributed by atoms with Crippen LogP contribution in [0.5, 0.6) is 0 Å². The maximum Gasteiger partial charge on any atom is 0.225 e. The number of carbonyl (C=O) groups is 1. The molecule has 5 atom stereocenters. The number of oxime groups is 1. The number of aryl methyl sites for hydroxylation is 1. The lowest BCUT2D eigenvalue weighted by molar-refractivity contribution is -0.116. The third kappa shape index (κ3) is 3.70. The van der Waals surface area contributed by atoms with Crippen molar-refractivity contribution in [2.75, 3.05) is 5.32 Å². The van der Waals surface area contributed by atoms with Crippen LogP contribution in [0.15, 0.2) is 47.8 Å². The Balaban J connectivity index is 1.29. The molecule has 3 unspecified atom stereocenters. The second kappa shape index (κ2) is 8.64. The van der Waals surface area contributed by atoms with Crippen LogP contribution in [0.4, 0.5) is 5.82 Å². The number of fused-ring (bicyclic) bond motifs is 5. The van der Waals surface area contributed by atoms with Gasteiger partial charge in [-0.05, 0) is 91.9 Å². The second-order valence-electron chi connectivity index (χ2n) is 10.0. The van der Waals surface area contributed by atoms with Crippen molar-refractivity contribution in [1.29, 1.82) is 0 Å². The Kier molecular flexibility index (Phi) is 5.70. The van der Waals surface area contributed by atoms with Gasteiger partial charge in [0.05, 0.1) is 5.71 Å². The molecule has 5 rings (SSSR count). The molecule has 6 heteroatoms. The minimum Gasteiger partial charge on any atom is -0.411 e. The zero-order valence-corrected chi connectivity index (χ0v) is 18.7. The quantitative estimate of drug-likeness (QED) is 0.502. The smallest absolute Gasteiger partial charge is 0.225 e. The molecule has 2 N–H and O–H groups in total. The number of amides is 1. The number of carbonyl (C=O) groups excluding carboxylic acids is 1. The summed E-state index contributed by atoms with van der Waals surface area (Å²) < 4.78 is 0. The molecule has 1 heterocycles. The minimum absolute atomic E-state index is 0.0181. The van der Waals surface area contributed by atoms with Gasteiger partial charge in [-0.25, -0.2) is 0 Å². The third-order valence-electron chi connectivity index (χ3n) is 8.45. The first-order valence-electron chi connectivity index (χ1n) is 12.0. The van der Waals surface area contributed by atoms with Gasteiger partial charge in [-0.2, -0.15) is 5.10 Å².